The van der Waals surface area contributed by atoms with Crippen molar-refractivity contribution in [2.45, 2.75) is 31.3 Å². The van der Waals surface area contributed by atoms with Gasteiger partial charge in [-0.25, -0.2) is 0 Å². The molecule has 0 aliphatic rings. The number of alkyl halides is 4. The number of halogens is 4. The van der Waals surface area contributed by atoms with Crippen LogP contribution in [0.25, 0.3) is 0 Å². The largest absolute Gasteiger partial charge is 0.445 e. The van der Waals surface area contributed by atoms with E-state index in [0.717, 1.165) is 12.8 Å². The molecule has 1 aromatic heterocycles. The molecule has 1 rings (SSSR count). The Morgan fingerprint density at radius 2 is 2.12 bits per heavy atom. The zero-order valence-corrected chi connectivity index (χ0v) is 10.1. The lowest BCUT2D eigenvalue weighted by Gasteiger charge is -2.07. The lowest BCUT2D eigenvalue weighted by molar-refractivity contribution is -0.138. The smallest absolute Gasteiger partial charge is 0.359 e. The van der Waals surface area contributed by atoms with Gasteiger partial charge in [0.1, 0.15) is 0 Å². The molecule has 0 saturated heterocycles. The van der Waals surface area contributed by atoms with E-state index < -0.39 is 11.2 Å². The van der Waals surface area contributed by atoms with Crippen LogP contribution in [0.3, 0.4) is 0 Å². The highest BCUT2D eigenvalue weighted by Crippen LogP contribution is 2.32. The molecule has 1 N–H and O–H groups in total. The Kier molecular flexibility index (Phi) is 4.79. The van der Waals surface area contributed by atoms with Crippen LogP contribution in [0.4, 0.5) is 18.3 Å². The number of rotatable bonds is 5. The Labute approximate surface area is 100 Å². The maximum absolute atomic E-state index is 12.2. The summed E-state index contributed by atoms with van der Waals surface area (Å²) < 4.78 is 36.5. The molecule has 0 aliphatic carbocycles. The van der Waals surface area contributed by atoms with Gasteiger partial charge in [0.25, 0.3) is 0 Å². The second kappa shape index (κ2) is 5.67. The fourth-order valence-corrected chi connectivity index (χ4v) is 1.94. The van der Waals surface area contributed by atoms with E-state index in [0.29, 0.717) is 17.9 Å². The van der Waals surface area contributed by atoms with Gasteiger partial charge in [-0.2, -0.15) is 13.2 Å². The SMILES string of the molecule is CCCC(Cl)CNc1nnc(C(F)(F)F)s1. The van der Waals surface area contributed by atoms with E-state index in [2.05, 4.69) is 15.5 Å². The van der Waals surface area contributed by atoms with Crippen molar-refractivity contribution in [3.05, 3.63) is 5.01 Å². The van der Waals surface area contributed by atoms with E-state index in [9.17, 15) is 13.2 Å². The molecule has 0 amide bonds. The van der Waals surface area contributed by atoms with Crippen molar-refractivity contribution in [3.8, 4) is 0 Å². The average molecular weight is 274 g/mol. The molecule has 0 bridgehead atoms. The van der Waals surface area contributed by atoms with Gasteiger partial charge in [0, 0.05) is 6.54 Å². The molecule has 0 aromatic carbocycles. The maximum Gasteiger partial charge on any atom is 0.445 e. The summed E-state index contributed by atoms with van der Waals surface area (Å²) in [6.07, 6.45) is -2.69. The number of anilines is 1. The number of aromatic nitrogens is 2. The third-order valence-corrected chi connectivity index (χ3v) is 3.04. The first-order chi connectivity index (χ1) is 7.43. The van der Waals surface area contributed by atoms with Crippen LogP contribution < -0.4 is 5.32 Å². The van der Waals surface area contributed by atoms with Gasteiger partial charge in [0.2, 0.25) is 10.1 Å². The predicted octanol–water partition coefficient (Wildman–Crippen LogP) is 3.38. The van der Waals surface area contributed by atoms with Crippen LogP contribution in [-0.2, 0) is 6.18 Å². The summed E-state index contributed by atoms with van der Waals surface area (Å²) in [4.78, 5) is 0. The van der Waals surface area contributed by atoms with Gasteiger partial charge in [0.05, 0.1) is 5.38 Å². The van der Waals surface area contributed by atoms with Crippen molar-refractivity contribution >= 4 is 28.1 Å². The molecule has 0 saturated carbocycles. The van der Waals surface area contributed by atoms with E-state index in [1.165, 1.54) is 0 Å². The first-order valence-electron chi connectivity index (χ1n) is 4.72. The fraction of sp³-hybridized carbons (Fsp3) is 0.750. The molecule has 0 aliphatic heterocycles. The third-order valence-electron chi connectivity index (χ3n) is 1.74. The van der Waals surface area contributed by atoms with E-state index >= 15 is 0 Å². The summed E-state index contributed by atoms with van der Waals surface area (Å²) >= 11 is 6.38. The highest BCUT2D eigenvalue weighted by molar-refractivity contribution is 7.15. The van der Waals surface area contributed by atoms with E-state index in [1.54, 1.807) is 0 Å². The minimum atomic E-state index is -4.43. The molecule has 1 atom stereocenters. The van der Waals surface area contributed by atoms with Crippen LogP contribution in [0.2, 0.25) is 0 Å². The predicted molar refractivity (Wildman–Crippen MR) is 57.9 cm³/mol. The topological polar surface area (TPSA) is 37.8 Å². The van der Waals surface area contributed by atoms with Gasteiger partial charge in [-0.05, 0) is 6.42 Å². The lowest BCUT2D eigenvalue weighted by atomic mass is 10.2. The van der Waals surface area contributed by atoms with Gasteiger partial charge < -0.3 is 5.32 Å². The number of nitrogens with one attached hydrogen (secondary N) is 1. The van der Waals surface area contributed by atoms with Gasteiger partial charge in [-0.1, -0.05) is 24.7 Å². The van der Waals surface area contributed by atoms with E-state index in [-0.39, 0.29) is 10.5 Å². The van der Waals surface area contributed by atoms with E-state index in [4.69, 9.17) is 11.6 Å². The highest BCUT2D eigenvalue weighted by atomic mass is 35.5. The zero-order valence-electron chi connectivity index (χ0n) is 8.51. The molecule has 0 spiro atoms. The Morgan fingerprint density at radius 3 is 2.62 bits per heavy atom. The standard InChI is InChI=1S/C8H11ClF3N3S/c1-2-3-5(9)4-13-7-15-14-6(16-7)8(10,11)12/h5H,2-4H2,1H3,(H,13,15). The summed E-state index contributed by atoms with van der Waals surface area (Å²) in [6, 6.07) is 0. The average Bonchev–Trinajstić information content (AvgIpc) is 2.63. The number of nitrogens with zero attached hydrogens (tertiary/aromatic N) is 2. The minimum Gasteiger partial charge on any atom is -0.359 e. The monoisotopic (exact) mass is 273 g/mol. The molecule has 0 radical (unpaired) electrons. The van der Waals surface area contributed by atoms with Crippen LogP contribution in [0.5, 0.6) is 0 Å². The van der Waals surface area contributed by atoms with Crippen LogP contribution in [-0.4, -0.2) is 22.1 Å². The summed E-state index contributed by atoms with van der Waals surface area (Å²) in [5.41, 5.74) is 0. The van der Waals surface area contributed by atoms with Crippen molar-refractivity contribution in [1.82, 2.24) is 10.2 Å². The third kappa shape index (κ3) is 4.13. The Morgan fingerprint density at radius 1 is 1.44 bits per heavy atom. The van der Waals surface area contributed by atoms with Crippen LogP contribution in [0.15, 0.2) is 0 Å². The van der Waals surface area contributed by atoms with Crippen molar-refractivity contribution in [2.24, 2.45) is 0 Å². The van der Waals surface area contributed by atoms with Crippen LogP contribution >= 0.6 is 22.9 Å². The molecule has 1 unspecified atom stereocenters. The highest BCUT2D eigenvalue weighted by Gasteiger charge is 2.35. The Balaban J connectivity index is 2.47. The van der Waals surface area contributed by atoms with Gasteiger partial charge in [-0.15, -0.1) is 21.8 Å². The minimum absolute atomic E-state index is 0.108. The van der Waals surface area contributed by atoms with Gasteiger partial charge >= 0.3 is 6.18 Å². The molecule has 16 heavy (non-hydrogen) atoms. The van der Waals surface area contributed by atoms with Gasteiger partial charge in [-0.3, -0.25) is 0 Å². The molecule has 1 aromatic rings. The summed E-state index contributed by atoms with van der Waals surface area (Å²) in [7, 11) is 0. The molecular weight excluding hydrogens is 263 g/mol. The molecule has 8 heteroatoms. The number of hydrogen-bond acceptors (Lipinski definition) is 4. The second-order valence-corrected chi connectivity index (χ2v) is 4.77. The van der Waals surface area contributed by atoms with Crippen molar-refractivity contribution < 1.29 is 13.2 Å². The van der Waals surface area contributed by atoms with Gasteiger partial charge in [0.15, 0.2) is 0 Å². The van der Waals surface area contributed by atoms with Crippen molar-refractivity contribution in [3.63, 3.8) is 0 Å². The molecule has 92 valence electrons. The summed E-state index contributed by atoms with van der Waals surface area (Å²) in [5.74, 6) is 0. The summed E-state index contributed by atoms with van der Waals surface area (Å²) in [6.45, 7) is 2.38. The van der Waals surface area contributed by atoms with Crippen molar-refractivity contribution in [1.29, 1.82) is 0 Å². The van der Waals surface area contributed by atoms with Crippen molar-refractivity contribution in [2.75, 3.05) is 11.9 Å². The first-order valence-corrected chi connectivity index (χ1v) is 5.97. The zero-order chi connectivity index (χ0) is 12.2. The first kappa shape index (κ1) is 13.5. The molecule has 3 nitrogen and oxygen atoms in total. The lowest BCUT2D eigenvalue weighted by Crippen LogP contribution is -2.13. The maximum atomic E-state index is 12.2. The molecule has 0 fully saturated rings. The quantitative estimate of drug-likeness (QED) is 0.836. The Bertz CT molecular complexity index is 329. The summed E-state index contributed by atoms with van der Waals surface area (Å²) in [5, 5.41) is 8.27. The van der Waals surface area contributed by atoms with Crippen LogP contribution in [0.1, 0.15) is 24.8 Å². The normalized spacial score (nSPS) is 13.8. The Hall–Kier alpha value is -0.560. The molecule has 1 heterocycles. The van der Waals surface area contributed by atoms with E-state index in [1.807, 2.05) is 6.92 Å². The fourth-order valence-electron chi connectivity index (χ4n) is 1.02. The molecular formula is C8H11ClF3N3S. The second-order valence-electron chi connectivity index (χ2n) is 3.18. The number of hydrogen-bond donors (Lipinski definition) is 1. The van der Waals surface area contributed by atoms with Crippen LogP contribution in [0, 0.1) is 0 Å².